The van der Waals surface area contributed by atoms with Gasteiger partial charge in [0.15, 0.2) is 0 Å². The third-order valence-corrected chi connectivity index (χ3v) is 2.25. The monoisotopic (exact) mass is 231 g/mol. The fourth-order valence-corrected chi connectivity index (χ4v) is 1.58. The molecule has 4 heteroatoms. The molecule has 0 radical (unpaired) electrons. The summed E-state index contributed by atoms with van der Waals surface area (Å²) in [5, 5.41) is 10.6. The predicted molar refractivity (Wildman–Crippen MR) is 61.8 cm³/mol. The van der Waals surface area contributed by atoms with Gasteiger partial charge in [-0.25, -0.2) is 0 Å². The number of rotatable bonds is 9. The van der Waals surface area contributed by atoms with E-state index in [1.54, 1.807) is 0 Å². The zero-order chi connectivity index (χ0) is 12.6. The zero-order valence-electron chi connectivity index (χ0n) is 11.0. The van der Waals surface area contributed by atoms with Crippen LogP contribution in [0.1, 0.15) is 32.6 Å². The summed E-state index contributed by atoms with van der Waals surface area (Å²) in [4.78, 5) is 10.6. The van der Waals surface area contributed by atoms with Crippen molar-refractivity contribution in [3.63, 3.8) is 0 Å². The van der Waals surface area contributed by atoms with Gasteiger partial charge >= 0.3 is 0 Å². The van der Waals surface area contributed by atoms with E-state index in [1.165, 1.54) is 0 Å². The standard InChI is InChI=1S/C12H25NO3/c1-5-6-7-8-16-11(9-12(14)15)10-13(2,3)4/h11H,5-10H2,1-4H3. The molecule has 0 saturated heterocycles. The highest BCUT2D eigenvalue weighted by atomic mass is 16.5. The molecule has 0 spiro atoms. The minimum absolute atomic E-state index is 0.0123. The highest BCUT2D eigenvalue weighted by molar-refractivity contribution is 5.64. The number of ether oxygens (including phenoxy) is 1. The number of quaternary nitrogens is 1. The first-order valence-corrected chi connectivity index (χ1v) is 5.97. The van der Waals surface area contributed by atoms with Gasteiger partial charge in [-0.05, 0) is 6.42 Å². The molecule has 0 aliphatic heterocycles. The molecule has 0 saturated carbocycles. The Morgan fingerprint density at radius 2 is 1.94 bits per heavy atom. The molecule has 96 valence electrons. The van der Waals surface area contributed by atoms with Crippen molar-refractivity contribution in [2.24, 2.45) is 0 Å². The minimum Gasteiger partial charge on any atom is -0.550 e. The Kier molecular flexibility index (Phi) is 7.34. The predicted octanol–water partition coefficient (Wildman–Crippen LogP) is 0.408. The van der Waals surface area contributed by atoms with E-state index < -0.39 is 5.97 Å². The Morgan fingerprint density at radius 3 is 2.38 bits per heavy atom. The number of carboxylic acids is 1. The molecule has 0 aromatic heterocycles. The summed E-state index contributed by atoms with van der Waals surface area (Å²) in [5.74, 6) is -1.03. The SMILES string of the molecule is CCCCCOC(CC(=O)[O-])C[N+](C)(C)C. The van der Waals surface area contributed by atoms with Crippen LogP contribution in [0, 0.1) is 0 Å². The van der Waals surface area contributed by atoms with Gasteiger partial charge < -0.3 is 19.1 Å². The van der Waals surface area contributed by atoms with Crippen molar-refractivity contribution in [3.05, 3.63) is 0 Å². The second kappa shape index (κ2) is 7.63. The van der Waals surface area contributed by atoms with Crippen molar-refractivity contribution < 1.29 is 19.1 Å². The van der Waals surface area contributed by atoms with Crippen LogP contribution >= 0.6 is 0 Å². The van der Waals surface area contributed by atoms with Crippen molar-refractivity contribution in [1.82, 2.24) is 0 Å². The normalized spacial score (nSPS) is 13.8. The van der Waals surface area contributed by atoms with Crippen LogP contribution in [0.25, 0.3) is 0 Å². The lowest BCUT2D eigenvalue weighted by Gasteiger charge is -2.29. The molecule has 1 atom stereocenters. The number of unbranched alkanes of at least 4 members (excludes halogenated alkanes) is 2. The lowest BCUT2D eigenvalue weighted by Crippen LogP contribution is -2.44. The molecule has 0 heterocycles. The Morgan fingerprint density at radius 1 is 1.31 bits per heavy atom. The Bertz CT molecular complexity index is 199. The molecule has 0 rings (SSSR count). The highest BCUT2D eigenvalue weighted by Gasteiger charge is 2.18. The fourth-order valence-electron chi connectivity index (χ4n) is 1.58. The first-order valence-electron chi connectivity index (χ1n) is 5.97. The first kappa shape index (κ1) is 15.4. The van der Waals surface area contributed by atoms with Gasteiger partial charge in [0.2, 0.25) is 0 Å². The van der Waals surface area contributed by atoms with Crippen molar-refractivity contribution in [2.75, 3.05) is 34.3 Å². The molecule has 0 N–H and O–H groups in total. The Hall–Kier alpha value is -0.610. The van der Waals surface area contributed by atoms with Crippen molar-refractivity contribution in [1.29, 1.82) is 0 Å². The molecule has 1 unspecified atom stereocenters. The van der Waals surface area contributed by atoms with E-state index in [9.17, 15) is 9.90 Å². The van der Waals surface area contributed by atoms with E-state index in [0.717, 1.165) is 19.3 Å². The number of carbonyl (C=O) groups is 1. The quantitative estimate of drug-likeness (QED) is 0.426. The van der Waals surface area contributed by atoms with Crippen molar-refractivity contribution >= 4 is 5.97 Å². The topological polar surface area (TPSA) is 49.4 Å². The molecule has 0 bridgehead atoms. The van der Waals surface area contributed by atoms with E-state index in [4.69, 9.17) is 4.74 Å². The number of carboxylic acid groups (broad SMARTS) is 1. The summed E-state index contributed by atoms with van der Waals surface area (Å²) in [6.07, 6.45) is 3.02. The maximum Gasteiger partial charge on any atom is 0.112 e. The average molecular weight is 231 g/mol. The molecule has 0 aliphatic rings. The largest absolute Gasteiger partial charge is 0.550 e. The summed E-state index contributed by atoms with van der Waals surface area (Å²) in [7, 11) is 6.08. The van der Waals surface area contributed by atoms with Gasteiger partial charge in [0.05, 0.1) is 21.1 Å². The van der Waals surface area contributed by atoms with Gasteiger partial charge in [-0.1, -0.05) is 19.8 Å². The van der Waals surface area contributed by atoms with Crippen molar-refractivity contribution in [3.8, 4) is 0 Å². The molecule has 0 fully saturated rings. The third kappa shape index (κ3) is 9.93. The third-order valence-electron chi connectivity index (χ3n) is 2.25. The van der Waals surface area contributed by atoms with Crippen molar-refractivity contribution in [2.45, 2.75) is 38.7 Å². The summed E-state index contributed by atoms with van der Waals surface area (Å²) in [6, 6.07) is 0. The zero-order valence-corrected chi connectivity index (χ0v) is 11.0. The summed E-state index contributed by atoms with van der Waals surface area (Å²) in [5.41, 5.74) is 0. The van der Waals surface area contributed by atoms with Crippen LogP contribution in [0.3, 0.4) is 0 Å². The molecule has 0 aliphatic carbocycles. The van der Waals surface area contributed by atoms with Gasteiger partial charge in [-0.15, -0.1) is 0 Å². The Labute approximate surface area is 98.8 Å². The van der Waals surface area contributed by atoms with Gasteiger partial charge in [0.1, 0.15) is 12.6 Å². The molecule has 4 nitrogen and oxygen atoms in total. The second-order valence-corrected chi connectivity index (χ2v) is 5.25. The highest BCUT2D eigenvalue weighted by Crippen LogP contribution is 2.06. The van der Waals surface area contributed by atoms with Crippen LogP contribution in [-0.2, 0) is 9.53 Å². The maximum atomic E-state index is 10.6. The number of hydrogen-bond donors (Lipinski definition) is 0. The molecule has 0 aromatic rings. The minimum atomic E-state index is -1.03. The molecular weight excluding hydrogens is 206 g/mol. The smallest absolute Gasteiger partial charge is 0.112 e. The van der Waals surface area contributed by atoms with E-state index in [-0.39, 0.29) is 12.5 Å². The van der Waals surface area contributed by atoms with Crippen LogP contribution in [0.5, 0.6) is 0 Å². The number of hydrogen-bond acceptors (Lipinski definition) is 3. The van der Waals surface area contributed by atoms with Gasteiger partial charge in [0.25, 0.3) is 0 Å². The lowest BCUT2D eigenvalue weighted by atomic mass is 10.2. The summed E-state index contributed by atoms with van der Waals surface area (Å²) < 4.78 is 6.29. The summed E-state index contributed by atoms with van der Waals surface area (Å²) in [6.45, 7) is 3.47. The van der Waals surface area contributed by atoms with E-state index >= 15 is 0 Å². The molecular formula is C12H25NO3. The number of aliphatic carboxylic acids is 1. The van der Waals surface area contributed by atoms with Gasteiger partial charge in [-0.3, -0.25) is 0 Å². The number of likely N-dealkylation sites (N-methyl/N-ethyl adjacent to an activating group) is 1. The molecule has 16 heavy (non-hydrogen) atoms. The first-order chi connectivity index (χ1) is 7.35. The van der Waals surface area contributed by atoms with Crippen LogP contribution in [0.15, 0.2) is 0 Å². The van der Waals surface area contributed by atoms with Crippen LogP contribution in [0.2, 0.25) is 0 Å². The second-order valence-electron chi connectivity index (χ2n) is 5.25. The van der Waals surface area contributed by atoms with Crippen LogP contribution in [0.4, 0.5) is 0 Å². The summed E-state index contributed by atoms with van der Waals surface area (Å²) >= 11 is 0. The van der Waals surface area contributed by atoms with E-state index in [0.29, 0.717) is 17.6 Å². The van der Waals surface area contributed by atoms with Gasteiger partial charge in [0, 0.05) is 19.0 Å². The average Bonchev–Trinajstić information content (AvgIpc) is 2.08. The van der Waals surface area contributed by atoms with Crippen LogP contribution in [-0.4, -0.2) is 50.9 Å². The lowest BCUT2D eigenvalue weighted by molar-refractivity contribution is -0.873. The fraction of sp³-hybridized carbons (Fsp3) is 0.917. The molecule has 0 aromatic carbocycles. The van der Waals surface area contributed by atoms with E-state index in [2.05, 4.69) is 6.92 Å². The number of carbonyl (C=O) groups excluding carboxylic acids is 1. The van der Waals surface area contributed by atoms with Gasteiger partial charge in [-0.2, -0.15) is 0 Å². The Balaban J connectivity index is 3.96. The molecule has 0 amide bonds. The number of nitrogens with zero attached hydrogens (tertiary/aromatic N) is 1. The van der Waals surface area contributed by atoms with E-state index in [1.807, 2.05) is 21.1 Å². The van der Waals surface area contributed by atoms with Crippen LogP contribution < -0.4 is 5.11 Å². The maximum absolute atomic E-state index is 10.6.